The molecule has 0 aliphatic carbocycles. The van der Waals surface area contributed by atoms with Crippen LogP contribution in [0.4, 0.5) is 0 Å². The lowest BCUT2D eigenvalue weighted by atomic mass is 10.0. The van der Waals surface area contributed by atoms with Crippen LogP contribution in [0.3, 0.4) is 0 Å². The summed E-state index contributed by atoms with van der Waals surface area (Å²) in [5.74, 6) is 0. The van der Waals surface area contributed by atoms with Gasteiger partial charge in [-0.3, -0.25) is 0 Å². The first-order valence-corrected chi connectivity index (χ1v) is 8.88. The van der Waals surface area contributed by atoms with Gasteiger partial charge < -0.3 is 14.4 Å². The Morgan fingerprint density at radius 3 is 2.65 bits per heavy atom. The number of benzene rings is 2. The van der Waals surface area contributed by atoms with E-state index in [0.717, 1.165) is 42.5 Å². The molecule has 2 heterocycles. The largest absolute Gasteiger partial charge is 0.316 e. The van der Waals surface area contributed by atoms with Gasteiger partial charge in [0.05, 0.1) is 10.4 Å². The Morgan fingerprint density at radius 1 is 1.04 bits per heavy atom. The van der Waals surface area contributed by atoms with Crippen LogP contribution >= 0.6 is 0 Å². The zero-order chi connectivity index (χ0) is 15.8. The van der Waals surface area contributed by atoms with E-state index in [9.17, 15) is 8.76 Å². The highest BCUT2D eigenvalue weighted by molar-refractivity contribution is 7.79. The fourth-order valence-corrected chi connectivity index (χ4v) is 3.87. The lowest BCUT2D eigenvalue weighted by molar-refractivity contribution is 0.565. The maximum absolute atomic E-state index is 11.6. The molecule has 0 saturated heterocycles. The molecule has 0 spiro atoms. The monoisotopic (exact) mass is 326 g/mol. The molecule has 0 saturated carbocycles. The molecule has 1 atom stereocenters. The molecular weight excluding hydrogens is 308 g/mol. The molecule has 5 heteroatoms. The third kappa shape index (κ3) is 2.61. The van der Waals surface area contributed by atoms with Crippen LogP contribution in [0.2, 0.25) is 0 Å². The average Bonchev–Trinajstić information content (AvgIpc) is 2.79. The van der Waals surface area contributed by atoms with E-state index in [1.807, 2.05) is 28.8 Å². The minimum atomic E-state index is -1.99. The predicted octanol–water partition coefficient (Wildman–Crippen LogP) is 2.90. The third-order valence-electron chi connectivity index (χ3n) is 4.47. The van der Waals surface area contributed by atoms with Gasteiger partial charge in [-0.2, -0.15) is 0 Å². The number of fused-ring (bicyclic) bond motifs is 2. The summed E-state index contributed by atoms with van der Waals surface area (Å²) in [5, 5.41) is 4.25. The molecule has 1 aliphatic heterocycles. The molecule has 0 bridgehead atoms. The molecule has 2 aromatic carbocycles. The fraction of sp³-hybridized carbons (Fsp3) is 0.222. The van der Waals surface area contributed by atoms with Crippen molar-refractivity contribution in [1.29, 1.82) is 0 Å². The van der Waals surface area contributed by atoms with Crippen molar-refractivity contribution >= 4 is 22.0 Å². The highest BCUT2D eigenvalue weighted by atomic mass is 32.2. The van der Waals surface area contributed by atoms with E-state index in [1.165, 1.54) is 11.1 Å². The van der Waals surface area contributed by atoms with E-state index in [2.05, 4.69) is 23.5 Å². The van der Waals surface area contributed by atoms with Crippen LogP contribution in [0, 0.1) is 0 Å². The Hall–Kier alpha value is -1.95. The summed E-state index contributed by atoms with van der Waals surface area (Å²) in [6.45, 7) is 2.02. The molecule has 1 aliphatic rings. The van der Waals surface area contributed by atoms with Gasteiger partial charge in [0.1, 0.15) is 0 Å². The van der Waals surface area contributed by atoms with Crippen LogP contribution in [-0.2, 0) is 23.9 Å². The lowest BCUT2D eigenvalue weighted by Gasteiger charge is -2.10. The van der Waals surface area contributed by atoms with E-state index in [-0.39, 0.29) is 0 Å². The van der Waals surface area contributed by atoms with Crippen molar-refractivity contribution in [2.45, 2.75) is 17.7 Å². The molecule has 0 radical (unpaired) electrons. The van der Waals surface area contributed by atoms with Crippen LogP contribution in [-0.4, -0.2) is 26.4 Å². The minimum absolute atomic E-state index is 0.456. The Morgan fingerprint density at radius 2 is 1.83 bits per heavy atom. The van der Waals surface area contributed by atoms with Crippen LogP contribution in [0.25, 0.3) is 16.6 Å². The molecule has 4 nitrogen and oxygen atoms in total. The summed E-state index contributed by atoms with van der Waals surface area (Å²) in [4.78, 5) is 0.456. The molecule has 3 aromatic rings. The molecule has 2 N–H and O–H groups in total. The van der Waals surface area contributed by atoms with Gasteiger partial charge in [0.2, 0.25) is 0 Å². The zero-order valence-electron chi connectivity index (χ0n) is 12.7. The van der Waals surface area contributed by atoms with Gasteiger partial charge >= 0.3 is 0 Å². The average molecular weight is 326 g/mol. The molecule has 0 fully saturated rings. The van der Waals surface area contributed by atoms with E-state index >= 15 is 0 Å². The van der Waals surface area contributed by atoms with Crippen LogP contribution in [0.1, 0.15) is 11.1 Å². The Bertz CT molecular complexity index is 901. The predicted molar refractivity (Wildman–Crippen MR) is 92.6 cm³/mol. The second-order valence-corrected chi connectivity index (χ2v) is 6.77. The van der Waals surface area contributed by atoms with Gasteiger partial charge in [-0.05, 0) is 55.3 Å². The van der Waals surface area contributed by atoms with E-state index in [0.29, 0.717) is 4.90 Å². The highest BCUT2D eigenvalue weighted by Crippen LogP contribution is 2.28. The van der Waals surface area contributed by atoms with Gasteiger partial charge in [0.25, 0.3) is 0 Å². The topological polar surface area (TPSA) is 54.3 Å². The van der Waals surface area contributed by atoms with Gasteiger partial charge in [0.15, 0.2) is 11.1 Å². The maximum Gasteiger partial charge on any atom is 0.188 e. The smallest absolute Gasteiger partial charge is 0.188 e. The van der Waals surface area contributed by atoms with Crippen molar-refractivity contribution < 1.29 is 8.76 Å². The first-order valence-electron chi connectivity index (χ1n) is 7.78. The Kier molecular flexibility index (Phi) is 3.77. The van der Waals surface area contributed by atoms with Crippen LogP contribution < -0.4 is 5.32 Å². The number of nitrogens with zero attached hydrogens (tertiary/aromatic N) is 1. The molecular formula is C18H18N2O2S. The van der Waals surface area contributed by atoms with Crippen molar-refractivity contribution in [2.75, 3.05) is 13.1 Å². The lowest BCUT2D eigenvalue weighted by Crippen LogP contribution is -2.16. The minimum Gasteiger partial charge on any atom is -0.316 e. The van der Waals surface area contributed by atoms with E-state index in [4.69, 9.17) is 0 Å². The summed E-state index contributed by atoms with van der Waals surface area (Å²) in [7, 11) is 0. The number of aromatic nitrogens is 1. The molecule has 0 amide bonds. The highest BCUT2D eigenvalue weighted by Gasteiger charge is 2.15. The summed E-state index contributed by atoms with van der Waals surface area (Å²) in [6, 6.07) is 14.2. The number of rotatable bonds is 2. The van der Waals surface area contributed by atoms with Crippen molar-refractivity contribution in [3.63, 3.8) is 0 Å². The first-order chi connectivity index (χ1) is 11.2. The van der Waals surface area contributed by atoms with Gasteiger partial charge in [0, 0.05) is 17.3 Å². The second kappa shape index (κ2) is 5.92. The van der Waals surface area contributed by atoms with E-state index < -0.39 is 11.1 Å². The summed E-state index contributed by atoms with van der Waals surface area (Å²) in [6.07, 6.45) is 3.84. The van der Waals surface area contributed by atoms with Crippen molar-refractivity contribution in [1.82, 2.24) is 9.88 Å². The second-order valence-electron chi connectivity index (χ2n) is 5.83. The van der Waals surface area contributed by atoms with Gasteiger partial charge in [-0.15, -0.1) is 0 Å². The molecule has 1 aromatic heterocycles. The summed E-state index contributed by atoms with van der Waals surface area (Å²) >= 11 is -1.99. The van der Waals surface area contributed by atoms with E-state index in [1.54, 1.807) is 6.20 Å². The standard InChI is InChI=1S/C18H18N2O2S/c21-23(22)18-12-20(17-4-2-1-3-16(17)18)15-6-5-13-7-9-19-10-8-14(13)11-15/h1-6,11-12,19H,7-10H2,(H,21,22). The fourth-order valence-electron chi connectivity index (χ4n) is 3.31. The SMILES string of the molecule is O=S(O)c1cn(-c2ccc3c(c2)CCNCC3)c2ccccc12. The van der Waals surface area contributed by atoms with Gasteiger partial charge in [-0.1, -0.05) is 24.3 Å². The summed E-state index contributed by atoms with van der Waals surface area (Å²) < 4.78 is 23.2. The number of nitrogens with one attached hydrogen (secondary N) is 1. The number of para-hydroxylation sites is 1. The quantitative estimate of drug-likeness (QED) is 0.712. The molecule has 4 rings (SSSR count). The maximum atomic E-state index is 11.6. The molecule has 23 heavy (non-hydrogen) atoms. The van der Waals surface area contributed by atoms with Crippen molar-refractivity contribution in [3.8, 4) is 5.69 Å². The number of hydrogen-bond donors (Lipinski definition) is 2. The first kappa shape index (κ1) is 14.6. The molecule has 1 unspecified atom stereocenters. The summed E-state index contributed by atoms with van der Waals surface area (Å²) in [5.41, 5.74) is 4.74. The molecule has 118 valence electrons. The van der Waals surface area contributed by atoms with Crippen LogP contribution in [0.5, 0.6) is 0 Å². The third-order valence-corrected chi connectivity index (χ3v) is 5.18. The zero-order valence-corrected chi connectivity index (χ0v) is 13.5. The normalized spacial score (nSPS) is 16.0. The van der Waals surface area contributed by atoms with Crippen molar-refractivity contribution in [3.05, 3.63) is 59.8 Å². The van der Waals surface area contributed by atoms with Crippen LogP contribution in [0.15, 0.2) is 53.6 Å². The Balaban J connectivity index is 1.89. The van der Waals surface area contributed by atoms with Crippen molar-refractivity contribution in [2.24, 2.45) is 0 Å². The van der Waals surface area contributed by atoms with Gasteiger partial charge in [-0.25, -0.2) is 4.21 Å². The Labute approximate surface area is 137 Å². The number of hydrogen-bond acceptors (Lipinski definition) is 2.